The van der Waals surface area contributed by atoms with Gasteiger partial charge < -0.3 is 14.8 Å². The second kappa shape index (κ2) is 6.75. The number of carbonyl (C=O) groups excluding carboxylic acids is 2. The zero-order valence-corrected chi connectivity index (χ0v) is 14.3. The van der Waals surface area contributed by atoms with Crippen molar-refractivity contribution in [2.24, 2.45) is 0 Å². The number of amides is 2. The number of aromatic nitrogens is 2. The summed E-state index contributed by atoms with van der Waals surface area (Å²) in [5.41, 5.74) is 1.15. The summed E-state index contributed by atoms with van der Waals surface area (Å²) in [6, 6.07) is -0.143. The number of rotatable bonds is 2. The fourth-order valence-electron chi connectivity index (χ4n) is 3.59. The van der Waals surface area contributed by atoms with Crippen LogP contribution in [0, 0.1) is 0 Å². The van der Waals surface area contributed by atoms with Crippen LogP contribution in [0.4, 0.5) is 0 Å². The summed E-state index contributed by atoms with van der Waals surface area (Å²) in [5, 5.41) is 0. The molecule has 24 heavy (non-hydrogen) atoms. The van der Waals surface area contributed by atoms with Crippen LogP contribution in [0.3, 0.4) is 0 Å². The summed E-state index contributed by atoms with van der Waals surface area (Å²) in [4.78, 5) is 47.3. The van der Waals surface area contributed by atoms with Crippen LogP contribution in [0.1, 0.15) is 62.7 Å². The molecule has 3 heterocycles. The molecule has 0 radical (unpaired) electrons. The van der Waals surface area contributed by atoms with Gasteiger partial charge in [0.1, 0.15) is 5.82 Å². The largest absolute Gasteiger partial charge is 0.338 e. The Morgan fingerprint density at radius 2 is 2.08 bits per heavy atom. The van der Waals surface area contributed by atoms with Crippen LogP contribution in [0.15, 0.2) is 4.79 Å². The monoisotopic (exact) mass is 332 g/mol. The van der Waals surface area contributed by atoms with E-state index in [-0.39, 0.29) is 23.4 Å². The van der Waals surface area contributed by atoms with Crippen molar-refractivity contribution in [2.45, 2.75) is 58.5 Å². The molecule has 7 nitrogen and oxygen atoms in total. The Kier molecular flexibility index (Phi) is 4.69. The van der Waals surface area contributed by atoms with E-state index in [1.165, 1.54) is 6.92 Å². The highest BCUT2D eigenvalue weighted by Gasteiger charge is 2.30. The highest BCUT2D eigenvalue weighted by Crippen LogP contribution is 2.29. The number of fused-ring (bicyclic) bond motifs is 1. The fourth-order valence-corrected chi connectivity index (χ4v) is 3.59. The van der Waals surface area contributed by atoms with Crippen LogP contribution in [-0.4, -0.2) is 44.7 Å². The second-order valence-electron chi connectivity index (χ2n) is 6.52. The highest BCUT2D eigenvalue weighted by molar-refractivity contribution is 5.76. The quantitative estimate of drug-likeness (QED) is 0.880. The second-order valence-corrected chi connectivity index (χ2v) is 6.52. The Balaban J connectivity index is 1.93. The van der Waals surface area contributed by atoms with Gasteiger partial charge in [0.2, 0.25) is 11.8 Å². The first-order valence-corrected chi connectivity index (χ1v) is 8.68. The summed E-state index contributed by atoms with van der Waals surface area (Å²) in [7, 11) is 0. The molecule has 0 aromatic carbocycles. The predicted octanol–water partition coefficient (Wildman–Crippen LogP) is 1.14. The van der Waals surface area contributed by atoms with Crippen molar-refractivity contribution in [3.63, 3.8) is 0 Å². The van der Waals surface area contributed by atoms with Crippen LogP contribution in [0.25, 0.3) is 0 Å². The van der Waals surface area contributed by atoms with Crippen molar-refractivity contribution in [3.05, 3.63) is 27.4 Å². The Bertz CT molecular complexity index is 712. The molecular formula is C17H24N4O3. The molecule has 0 saturated carbocycles. The normalized spacial score (nSPS) is 20.7. The summed E-state index contributed by atoms with van der Waals surface area (Å²) < 4.78 is 0. The van der Waals surface area contributed by atoms with E-state index < -0.39 is 0 Å². The average Bonchev–Trinajstić information content (AvgIpc) is 2.60. The Morgan fingerprint density at radius 1 is 1.29 bits per heavy atom. The minimum absolute atomic E-state index is 0.0314. The van der Waals surface area contributed by atoms with Crippen LogP contribution < -0.4 is 5.56 Å². The van der Waals surface area contributed by atoms with Crippen molar-refractivity contribution in [1.82, 2.24) is 19.8 Å². The van der Waals surface area contributed by atoms with Crippen molar-refractivity contribution >= 4 is 11.8 Å². The lowest BCUT2D eigenvalue weighted by molar-refractivity contribution is -0.135. The number of nitrogens with one attached hydrogen (secondary N) is 1. The predicted molar refractivity (Wildman–Crippen MR) is 88.2 cm³/mol. The van der Waals surface area contributed by atoms with Gasteiger partial charge in [-0.3, -0.25) is 14.4 Å². The first-order valence-electron chi connectivity index (χ1n) is 8.68. The third-order valence-electron chi connectivity index (χ3n) is 4.97. The van der Waals surface area contributed by atoms with E-state index in [2.05, 4.69) is 9.97 Å². The number of H-pyrrole nitrogens is 1. The minimum atomic E-state index is -0.185. The molecule has 2 aliphatic heterocycles. The molecule has 1 aromatic rings. The maximum absolute atomic E-state index is 12.5. The standard InChI is InChI=1S/C17H24N4O3/c1-3-15(23)21-8-5-4-6-14(21)16-18-13-7-9-20(11(2)22)10-12(13)17(24)19-16/h14H,3-10H2,1-2H3,(H,18,19,24)/t14-/m1/s1. The van der Waals surface area contributed by atoms with Crippen LogP contribution in [0.2, 0.25) is 0 Å². The number of hydrogen-bond acceptors (Lipinski definition) is 4. The Morgan fingerprint density at radius 3 is 2.79 bits per heavy atom. The van der Waals surface area contributed by atoms with Crippen molar-refractivity contribution in [3.8, 4) is 0 Å². The zero-order valence-electron chi connectivity index (χ0n) is 14.3. The SMILES string of the molecule is CCC(=O)N1CCCC[C@@H]1c1nc2c(c(=O)[nH]1)CN(C(C)=O)CC2. The molecule has 2 amide bonds. The van der Waals surface area contributed by atoms with Gasteiger partial charge in [0.15, 0.2) is 0 Å². The van der Waals surface area contributed by atoms with E-state index in [1.54, 1.807) is 4.90 Å². The number of aromatic amines is 1. The molecule has 0 unspecified atom stereocenters. The maximum atomic E-state index is 12.5. The lowest BCUT2D eigenvalue weighted by Gasteiger charge is -2.35. The van der Waals surface area contributed by atoms with Crippen molar-refractivity contribution in [2.75, 3.05) is 13.1 Å². The summed E-state index contributed by atoms with van der Waals surface area (Å²) in [5.74, 6) is 0.662. The number of piperidine rings is 1. The summed E-state index contributed by atoms with van der Waals surface area (Å²) in [6.07, 6.45) is 3.88. The molecule has 1 fully saturated rings. The van der Waals surface area contributed by atoms with Gasteiger partial charge in [0.05, 0.1) is 23.8 Å². The average molecular weight is 332 g/mol. The van der Waals surface area contributed by atoms with Gasteiger partial charge in [0.25, 0.3) is 5.56 Å². The van der Waals surface area contributed by atoms with Gasteiger partial charge in [-0.15, -0.1) is 0 Å². The van der Waals surface area contributed by atoms with E-state index in [9.17, 15) is 14.4 Å². The molecule has 7 heteroatoms. The van der Waals surface area contributed by atoms with Crippen molar-refractivity contribution < 1.29 is 9.59 Å². The number of hydrogen-bond donors (Lipinski definition) is 1. The van der Waals surface area contributed by atoms with E-state index in [1.807, 2.05) is 11.8 Å². The molecular weight excluding hydrogens is 308 g/mol. The van der Waals surface area contributed by atoms with E-state index in [4.69, 9.17) is 0 Å². The topological polar surface area (TPSA) is 86.4 Å². The molecule has 0 spiro atoms. The van der Waals surface area contributed by atoms with Gasteiger partial charge in [-0.1, -0.05) is 6.92 Å². The summed E-state index contributed by atoms with van der Waals surface area (Å²) >= 11 is 0. The van der Waals surface area contributed by atoms with Gasteiger partial charge in [-0.2, -0.15) is 0 Å². The molecule has 3 rings (SSSR count). The third-order valence-corrected chi connectivity index (χ3v) is 4.97. The molecule has 130 valence electrons. The first kappa shape index (κ1) is 16.7. The summed E-state index contributed by atoms with van der Waals surface area (Å²) in [6.45, 7) is 4.98. The van der Waals surface area contributed by atoms with Crippen molar-refractivity contribution in [1.29, 1.82) is 0 Å². The van der Waals surface area contributed by atoms with Gasteiger partial charge in [-0.05, 0) is 19.3 Å². The lowest BCUT2D eigenvalue weighted by Crippen LogP contribution is -2.42. The molecule has 0 bridgehead atoms. The van der Waals surface area contributed by atoms with Gasteiger partial charge in [-0.25, -0.2) is 4.98 Å². The van der Waals surface area contributed by atoms with Crippen LogP contribution in [-0.2, 0) is 22.6 Å². The van der Waals surface area contributed by atoms with Gasteiger partial charge in [0, 0.05) is 32.9 Å². The van der Waals surface area contributed by atoms with E-state index in [0.29, 0.717) is 37.3 Å². The minimum Gasteiger partial charge on any atom is -0.338 e. The molecule has 0 aliphatic carbocycles. The number of likely N-dealkylation sites (tertiary alicyclic amines) is 1. The third kappa shape index (κ3) is 3.07. The number of nitrogens with zero attached hydrogens (tertiary/aromatic N) is 3. The fraction of sp³-hybridized carbons (Fsp3) is 0.647. The highest BCUT2D eigenvalue weighted by atomic mass is 16.2. The van der Waals surface area contributed by atoms with E-state index in [0.717, 1.165) is 31.5 Å². The Labute approximate surface area is 141 Å². The zero-order chi connectivity index (χ0) is 17.3. The van der Waals surface area contributed by atoms with Crippen LogP contribution in [0.5, 0.6) is 0 Å². The molecule has 1 saturated heterocycles. The Hall–Kier alpha value is -2.18. The smallest absolute Gasteiger partial charge is 0.256 e. The first-order chi connectivity index (χ1) is 11.5. The number of carbonyl (C=O) groups is 2. The molecule has 1 N–H and O–H groups in total. The molecule has 1 atom stereocenters. The molecule has 1 aromatic heterocycles. The van der Waals surface area contributed by atoms with Crippen LogP contribution >= 0.6 is 0 Å². The lowest BCUT2D eigenvalue weighted by atomic mass is 10.00. The van der Waals surface area contributed by atoms with Gasteiger partial charge >= 0.3 is 0 Å². The maximum Gasteiger partial charge on any atom is 0.256 e. The molecule has 2 aliphatic rings. The van der Waals surface area contributed by atoms with E-state index >= 15 is 0 Å².